The van der Waals surface area contributed by atoms with Crippen LogP contribution in [0, 0.1) is 11.7 Å². The smallest absolute Gasteiger partial charge is 0.311 e. The van der Waals surface area contributed by atoms with Gasteiger partial charge in [-0.15, -0.1) is 0 Å². The highest BCUT2D eigenvalue weighted by Crippen LogP contribution is 2.28. The first-order valence-electron chi connectivity index (χ1n) is 5.22. The van der Waals surface area contributed by atoms with Gasteiger partial charge in [-0.05, 0) is 40.0 Å². The molecule has 1 N–H and O–H groups in total. The van der Waals surface area contributed by atoms with Crippen LogP contribution in [0.2, 0.25) is 0 Å². The van der Waals surface area contributed by atoms with Gasteiger partial charge >= 0.3 is 5.97 Å². The molecule has 0 aliphatic rings. The van der Waals surface area contributed by atoms with Gasteiger partial charge < -0.3 is 9.84 Å². The second kappa shape index (κ2) is 6.12. The van der Waals surface area contributed by atoms with Crippen LogP contribution < -0.4 is 0 Å². The molecule has 17 heavy (non-hydrogen) atoms. The second-order valence-electron chi connectivity index (χ2n) is 3.66. The van der Waals surface area contributed by atoms with Crippen LogP contribution in [-0.2, 0) is 9.53 Å². The van der Waals surface area contributed by atoms with E-state index < -0.39 is 23.8 Å². The monoisotopic (exact) mass is 304 g/mol. The summed E-state index contributed by atoms with van der Waals surface area (Å²) in [5, 5.41) is 10.1. The standard InChI is InChI=1S/C12H14BrFO3/c1-3-8(12(16)17-2)11(15)7-4-5-10(14)9(13)6-7/h4-6,8,11,15H,3H2,1-2H3. The molecule has 5 heteroatoms. The maximum absolute atomic E-state index is 13.0. The Balaban J connectivity index is 2.97. The zero-order valence-electron chi connectivity index (χ0n) is 9.61. The molecule has 3 nitrogen and oxygen atoms in total. The highest BCUT2D eigenvalue weighted by atomic mass is 79.9. The van der Waals surface area contributed by atoms with Crippen molar-refractivity contribution in [3.8, 4) is 0 Å². The van der Waals surface area contributed by atoms with Crippen LogP contribution >= 0.6 is 15.9 Å². The third-order valence-electron chi connectivity index (χ3n) is 2.61. The van der Waals surface area contributed by atoms with Gasteiger partial charge in [0.25, 0.3) is 0 Å². The van der Waals surface area contributed by atoms with Crippen LogP contribution in [0.3, 0.4) is 0 Å². The predicted molar refractivity (Wildman–Crippen MR) is 64.9 cm³/mol. The van der Waals surface area contributed by atoms with Crippen molar-refractivity contribution < 1.29 is 19.0 Å². The molecule has 2 atom stereocenters. The molecule has 0 spiro atoms. The molecule has 0 aliphatic heterocycles. The van der Waals surface area contributed by atoms with Crippen LogP contribution in [0.5, 0.6) is 0 Å². The van der Waals surface area contributed by atoms with E-state index in [2.05, 4.69) is 20.7 Å². The van der Waals surface area contributed by atoms with E-state index in [1.165, 1.54) is 25.3 Å². The maximum Gasteiger partial charge on any atom is 0.311 e. The SMILES string of the molecule is CCC(C(=O)OC)C(O)c1ccc(F)c(Br)c1. The van der Waals surface area contributed by atoms with Gasteiger partial charge in [0, 0.05) is 0 Å². The summed E-state index contributed by atoms with van der Waals surface area (Å²) in [6.45, 7) is 1.78. The lowest BCUT2D eigenvalue weighted by Crippen LogP contribution is -2.23. The Kier molecular flexibility index (Phi) is 5.08. The van der Waals surface area contributed by atoms with Crippen molar-refractivity contribution in [3.05, 3.63) is 34.1 Å². The number of aliphatic hydroxyl groups is 1. The van der Waals surface area contributed by atoms with Gasteiger partial charge in [-0.25, -0.2) is 4.39 Å². The van der Waals surface area contributed by atoms with E-state index in [4.69, 9.17) is 0 Å². The highest BCUT2D eigenvalue weighted by molar-refractivity contribution is 9.10. The number of carbonyl (C=O) groups is 1. The summed E-state index contributed by atoms with van der Waals surface area (Å²) in [4.78, 5) is 11.4. The fourth-order valence-corrected chi connectivity index (χ4v) is 2.00. The first-order valence-corrected chi connectivity index (χ1v) is 6.01. The minimum absolute atomic E-state index is 0.258. The summed E-state index contributed by atoms with van der Waals surface area (Å²) in [5.74, 6) is -1.52. The van der Waals surface area contributed by atoms with Crippen LogP contribution in [0.15, 0.2) is 22.7 Å². The van der Waals surface area contributed by atoms with Crippen molar-refractivity contribution >= 4 is 21.9 Å². The topological polar surface area (TPSA) is 46.5 Å². The Morgan fingerprint density at radius 3 is 2.71 bits per heavy atom. The van der Waals surface area contributed by atoms with Crippen LogP contribution in [0.25, 0.3) is 0 Å². The third kappa shape index (κ3) is 3.26. The molecule has 0 aromatic heterocycles. The van der Waals surface area contributed by atoms with Crippen molar-refractivity contribution in [2.24, 2.45) is 5.92 Å². The maximum atomic E-state index is 13.0. The van der Waals surface area contributed by atoms with E-state index in [-0.39, 0.29) is 4.47 Å². The first kappa shape index (κ1) is 14.1. The molecule has 0 radical (unpaired) electrons. The Morgan fingerprint density at radius 1 is 1.59 bits per heavy atom. The van der Waals surface area contributed by atoms with E-state index >= 15 is 0 Å². The average Bonchev–Trinajstić information content (AvgIpc) is 2.33. The molecule has 1 aromatic carbocycles. The molecular weight excluding hydrogens is 291 g/mol. The van der Waals surface area contributed by atoms with Crippen molar-refractivity contribution in [1.29, 1.82) is 0 Å². The van der Waals surface area contributed by atoms with Crippen molar-refractivity contribution in [2.75, 3.05) is 7.11 Å². The van der Waals surface area contributed by atoms with Crippen molar-refractivity contribution in [2.45, 2.75) is 19.4 Å². The Bertz CT molecular complexity index is 409. The molecule has 0 aliphatic carbocycles. The van der Waals surface area contributed by atoms with Crippen molar-refractivity contribution in [1.82, 2.24) is 0 Å². The number of halogens is 2. The van der Waals surface area contributed by atoms with E-state index in [0.29, 0.717) is 12.0 Å². The quantitative estimate of drug-likeness (QED) is 0.870. The molecule has 0 fully saturated rings. The van der Waals surface area contributed by atoms with E-state index in [0.717, 1.165) is 0 Å². The summed E-state index contributed by atoms with van der Waals surface area (Å²) < 4.78 is 17.9. The summed E-state index contributed by atoms with van der Waals surface area (Å²) in [7, 11) is 1.28. The molecule has 1 aromatic rings. The third-order valence-corrected chi connectivity index (χ3v) is 3.22. The first-order chi connectivity index (χ1) is 8.01. The van der Waals surface area contributed by atoms with Gasteiger partial charge in [0.1, 0.15) is 5.82 Å². The fourth-order valence-electron chi connectivity index (χ4n) is 1.60. The zero-order chi connectivity index (χ0) is 13.0. The number of hydrogen-bond donors (Lipinski definition) is 1. The molecule has 0 heterocycles. The molecule has 1 rings (SSSR count). The lowest BCUT2D eigenvalue weighted by molar-refractivity contribution is -0.149. The molecule has 94 valence electrons. The van der Waals surface area contributed by atoms with E-state index in [9.17, 15) is 14.3 Å². The van der Waals surface area contributed by atoms with Gasteiger partial charge in [0.2, 0.25) is 0 Å². The molecule has 2 unspecified atom stereocenters. The Morgan fingerprint density at radius 2 is 2.24 bits per heavy atom. The normalized spacial score (nSPS) is 14.2. The van der Waals surface area contributed by atoms with Gasteiger partial charge in [-0.1, -0.05) is 13.0 Å². The highest BCUT2D eigenvalue weighted by Gasteiger charge is 2.27. The van der Waals surface area contributed by atoms with Crippen LogP contribution in [-0.4, -0.2) is 18.2 Å². The van der Waals surface area contributed by atoms with Gasteiger partial charge in [-0.3, -0.25) is 4.79 Å². The number of esters is 1. The number of benzene rings is 1. The number of rotatable bonds is 4. The Hall–Kier alpha value is -0.940. The molecule has 0 bridgehead atoms. The number of methoxy groups -OCH3 is 1. The van der Waals surface area contributed by atoms with Crippen molar-refractivity contribution in [3.63, 3.8) is 0 Å². The molecule has 0 saturated carbocycles. The minimum Gasteiger partial charge on any atom is -0.469 e. The predicted octanol–water partition coefficient (Wildman–Crippen LogP) is 2.82. The molecule has 0 amide bonds. The minimum atomic E-state index is -0.996. The lowest BCUT2D eigenvalue weighted by atomic mass is 9.93. The summed E-state index contributed by atoms with van der Waals surface area (Å²) in [6.07, 6.45) is -0.549. The summed E-state index contributed by atoms with van der Waals surface area (Å²) in [5.41, 5.74) is 0.482. The largest absolute Gasteiger partial charge is 0.469 e. The lowest BCUT2D eigenvalue weighted by Gasteiger charge is -2.19. The van der Waals surface area contributed by atoms with E-state index in [1.54, 1.807) is 6.92 Å². The number of carbonyl (C=O) groups excluding carboxylic acids is 1. The fraction of sp³-hybridized carbons (Fsp3) is 0.417. The van der Waals surface area contributed by atoms with Crippen LogP contribution in [0.4, 0.5) is 4.39 Å². The molecular formula is C12H14BrFO3. The van der Waals surface area contributed by atoms with Gasteiger partial charge in [-0.2, -0.15) is 0 Å². The second-order valence-corrected chi connectivity index (χ2v) is 4.51. The number of aliphatic hydroxyl groups excluding tert-OH is 1. The van der Waals surface area contributed by atoms with Gasteiger partial charge in [0.05, 0.1) is 23.6 Å². The van der Waals surface area contributed by atoms with Gasteiger partial charge in [0.15, 0.2) is 0 Å². The number of ether oxygens (including phenoxy) is 1. The number of hydrogen-bond acceptors (Lipinski definition) is 3. The Labute approximate surface area is 108 Å². The average molecular weight is 305 g/mol. The van der Waals surface area contributed by atoms with E-state index in [1.807, 2.05) is 0 Å². The van der Waals surface area contributed by atoms with Crippen LogP contribution in [0.1, 0.15) is 25.0 Å². The molecule has 0 saturated heterocycles. The zero-order valence-corrected chi connectivity index (χ0v) is 11.2. The summed E-state index contributed by atoms with van der Waals surface area (Å²) in [6, 6.07) is 4.16. The summed E-state index contributed by atoms with van der Waals surface area (Å²) >= 11 is 3.04.